The van der Waals surface area contributed by atoms with E-state index in [-0.39, 0.29) is 5.91 Å². The smallest absolute Gasteiger partial charge is 0.270 e. The molecule has 2 aromatic heterocycles. The van der Waals surface area contributed by atoms with Gasteiger partial charge in [-0.15, -0.1) is 0 Å². The van der Waals surface area contributed by atoms with Crippen molar-refractivity contribution in [2.24, 2.45) is 0 Å². The van der Waals surface area contributed by atoms with Crippen LogP contribution in [0.2, 0.25) is 5.02 Å². The van der Waals surface area contributed by atoms with Crippen LogP contribution in [0.1, 0.15) is 21.8 Å². The number of piperazine rings is 1. The second-order valence-corrected chi connectivity index (χ2v) is 8.70. The molecule has 0 bridgehead atoms. The summed E-state index contributed by atoms with van der Waals surface area (Å²) in [5.74, 6) is 1.67. The zero-order valence-corrected chi connectivity index (χ0v) is 19.5. The minimum absolute atomic E-state index is 0.0143. The topological polar surface area (TPSA) is 50.9 Å². The second kappa shape index (κ2) is 8.87. The Morgan fingerprint density at radius 2 is 1.76 bits per heavy atom. The molecule has 1 fully saturated rings. The van der Waals surface area contributed by atoms with Gasteiger partial charge < -0.3 is 23.5 Å². The predicted octanol–water partition coefficient (Wildman–Crippen LogP) is 5.22. The molecule has 0 saturated carbocycles. The normalized spacial score (nSPS) is 14.2. The van der Waals surface area contributed by atoms with E-state index in [4.69, 9.17) is 20.8 Å². The molecule has 1 saturated heterocycles. The molecule has 33 heavy (non-hydrogen) atoms. The summed E-state index contributed by atoms with van der Waals surface area (Å²) in [5, 5.41) is 0.686. The Morgan fingerprint density at radius 3 is 2.45 bits per heavy atom. The van der Waals surface area contributed by atoms with Crippen molar-refractivity contribution < 1.29 is 13.9 Å². The quantitative estimate of drug-likeness (QED) is 0.407. The number of carbonyl (C=O) groups excluding carboxylic acids is 1. The highest BCUT2D eigenvalue weighted by molar-refractivity contribution is 6.31. The minimum atomic E-state index is 0.0143. The Labute approximate surface area is 197 Å². The number of hydrogen-bond acceptors (Lipinski definition) is 4. The third kappa shape index (κ3) is 4.18. The SMILES string of the molecule is COc1ccc(N2CCN(C(=O)c3cc4oc(C)cc4n3Cc3ccccc3Cl)CC2)cc1. The van der Waals surface area contributed by atoms with Gasteiger partial charge in [-0.3, -0.25) is 4.79 Å². The lowest BCUT2D eigenvalue weighted by molar-refractivity contribution is 0.0737. The largest absolute Gasteiger partial charge is 0.497 e. The highest BCUT2D eigenvalue weighted by atomic mass is 35.5. The number of aromatic nitrogens is 1. The van der Waals surface area contributed by atoms with Crippen molar-refractivity contribution in [3.05, 3.63) is 82.7 Å². The first-order valence-electron chi connectivity index (χ1n) is 11.0. The lowest BCUT2D eigenvalue weighted by Gasteiger charge is -2.36. The molecule has 0 atom stereocenters. The second-order valence-electron chi connectivity index (χ2n) is 8.29. The van der Waals surface area contributed by atoms with Gasteiger partial charge in [0, 0.05) is 55.6 Å². The molecule has 5 rings (SSSR count). The van der Waals surface area contributed by atoms with E-state index in [9.17, 15) is 4.79 Å². The maximum atomic E-state index is 13.6. The summed E-state index contributed by atoms with van der Waals surface area (Å²) in [6, 6.07) is 19.6. The molecule has 0 N–H and O–H groups in total. The van der Waals surface area contributed by atoms with Crippen molar-refractivity contribution in [3.8, 4) is 5.75 Å². The molecule has 1 aliphatic rings. The molecule has 0 aliphatic carbocycles. The summed E-state index contributed by atoms with van der Waals surface area (Å²) in [7, 11) is 1.67. The van der Waals surface area contributed by atoms with Crippen molar-refractivity contribution in [1.82, 2.24) is 9.47 Å². The molecule has 2 aromatic carbocycles. The number of aryl methyl sites for hydroxylation is 1. The maximum absolute atomic E-state index is 13.6. The van der Waals surface area contributed by atoms with Crippen molar-refractivity contribution in [2.45, 2.75) is 13.5 Å². The zero-order chi connectivity index (χ0) is 22.9. The van der Waals surface area contributed by atoms with E-state index in [0.29, 0.717) is 30.4 Å². The average Bonchev–Trinajstić information content (AvgIpc) is 3.37. The summed E-state index contributed by atoms with van der Waals surface area (Å²) in [6.45, 7) is 5.29. The third-order valence-electron chi connectivity index (χ3n) is 6.22. The predicted molar refractivity (Wildman–Crippen MR) is 131 cm³/mol. The van der Waals surface area contributed by atoms with Crippen LogP contribution >= 0.6 is 11.6 Å². The van der Waals surface area contributed by atoms with E-state index in [0.717, 1.165) is 46.9 Å². The number of amides is 1. The Bertz CT molecular complexity index is 1280. The monoisotopic (exact) mass is 463 g/mol. The van der Waals surface area contributed by atoms with Crippen LogP contribution < -0.4 is 9.64 Å². The highest BCUT2D eigenvalue weighted by Crippen LogP contribution is 2.28. The average molecular weight is 464 g/mol. The number of anilines is 1. The van der Waals surface area contributed by atoms with Crippen LogP contribution in [-0.2, 0) is 6.54 Å². The zero-order valence-electron chi connectivity index (χ0n) is 18.8. The highest BCUT2D eigenvalue weighted by Gasteiger charge is 2.27. The van der Waals surface area contributed by atoms with Gasteiger partial charge in [-0.25, -0.2) is 0 Å². The van der Waals surface area contributed by atoms with Gasteiger partial charge in [0.2, 0.25) is 0 Å². The van der Waals surface area contributed by atoms with Gasteiger partial charge in [0.25, 0.3) is 5.91 Å². The number of rotatable bonds is 5. The number of ether oxygens (including phenoxy) is 1. The number of hydrogen-bond donors (Lipinski definition) is 0. The first-order chi connectivity index (χ1) is 16.0. The van der Waals surface area contributed by atoms with E-state index in [1.54, 1.807) is 7.11 Å². The fraction of sp³-hybridized carbons (Fsp3) is 0.269. The van der Waals surface area contributed by atoms with Crippen LogP contribution in [-0.4, -0.2) is 48.7 Å². The van der Waals surface area contributed by atoms with Crippen molar-refractivity contribution in [2.75, 3.05) is 38.2 Å². The number of fused-ring (bicyclic) bond motifs is 1. The van der Waals surface area contributed by atoms with E-state index in [1.165, 1.54) is 0 Å². The fourth-order valence-electron chi connectivity index (χ4n) is 4.43. The molecule has 0 spiro atoms. The molecule has 170 valence electrons. The first kappa shape index (κ1) is 21.5. The van der Waals surface area contributed by atoms with Gasteiger partial charge in [0.15, 0.2) is 5.58 Å². The number of methoxy groups -OCH3 is 1. The summed E-state index contributed by atoms with van der Waals surface area (Å²) in [5.41, 5.74) is 4.36. The van der Waals surface area contributed by atoms with Gasteiger partial charge in [-0.2, -0.15) is 0 Å². The summed E-state index contributed by atoms with van der Waals surface area (Å²) in [4.78, 5) is 17.8. The molecule has 0 unspecified atom stereocenters. The fourth-order valence-corrected chi connectivity index (χ4v) is 4.63. The molecule has 0 radical (unpaired) electrons. The Kier molecular flexibility index (Phi) is 5.77. The molecule has 7 heteroatoms. The van der Waals surface area contributed by atoms with Crippen LogP contribution in [0.25, 0.3) is 11.1 Å². The molecule has 1 amide bonds. The van der Waals surface area contributed by atoms with Gasteiger partial charge in [-0.05, 0) is 42.8 Å². The van der Waals surface area contributed by atoms with Crippen molar-refractivity contribution in [3.63, 3.8) is 0 Å². The number of nitrogens with zero attached hydrogens (tertiary/aromatic N) is 3. The van der Waals surface area contributed by atoms with Crippen molar-refractivity contribution in [1.29, 1.82) is 0 Å². The van der Waals surface area contributed by atoms with Gasteiger partial charge in [-0.1, -0.05) is 29.8 Å². The number of benzene rings is 2. The van der Waals surface area contributed by atoms with E-state index in [1.807, 2.05) is 64.9 Å². The lowest BCUT2D eigenvalue weighted by Crippen LogP contribution is -2.49. The molecule has 1 aliphatic heterocycles. The van der Waals surface area contributed by atoms with Crippen LogP contribution in [0, 0.1) is 6.92 Å². The third-order valence-corrected chi connectivity index (χ3v) is 6.59. The number of furan rings is 1. The maximum Gasteiger partial charge on any atom is 0.270 e. The number of halogens is 1. The van der Waals surface area contributed by atoms with Crippen LogP contribution in [0.5, 0.6) is 5.75 Å². The van der Waals surface area contributed by atoms with Crippen LogP contribution in [0.15, 0.2) is 65.1 Å². The summed E-state index contributed by atoms with van der Waals surface area (Å²) in [6.07, 6.45) is 0. The van der Waals surface area contributed by atoms with Crippen LogP contribution in [0.4, 0.5) is 5.69 Å². The minimum Gasteiger partial charge on any atom is -0.497 e. The molecular formula is C26H26ClN3O3. The van der Waals surface area contributed by atoms with E-state index >= 15 is 0 Å². The summed E-state index contributed by atoms with van der Waals surface area (Å²) >= 11 is 6.43. The lowest BCUT2D eigenvalue weighted by atomic mass is 10.2. The Morgan fingerprint density at radius 1 is 1.03 bits per heavy atom. The van der Waals surface area contributed by atoms with Gasteiger partial charge >= 0.3 is 0 Å². The molecular weight excluding hydrogens is 438 g/mol. The molecule has 4 aromatic rings. The first-order valence-corrected chi connectivity index (χ1v) is 11.4. The standard InChI is InChI=1S/C26H26ClN3O3/c1-18-15-23-25(33-18)16-24(30(23)17-19-5-3-4-6-22(19)27)26(31)29-13-11-28(12-14-29)20-7-9-21(32-2)10-8-20/h3-10,15-16H,11-14,17H2,1-2H3. The number of carbonyl (C=O) groups is 1. The molecule has 6 nitrogen and oxygen atoms in total. The van der Waals surface area contributed by atoms with Crippen molar-refractivity contribution >= 4 is 34.3 Å². The summed E-state index contributed by atoms with van der Waals surface area (Å²) < 4.78 is 13.1. The van der Waals surface area contributed by atoms with Gasteiger partial charge in [0.05, 0.1) is 12.6 Å². The van der Waals surface area contributed by atoms with Gasteiger partial charge in [0.1, 0.15) is 17.2 Å². The van der Waals surface area contributed by atoms with Crippen LogP contribution in [0.3, 0.4) is 0 Å². The van der Waals surface area contributed by atoms with E-state index < -0.39 is 0 Å². The molecule has 3 heterocycles. The Balaban J connectivity index is 1.37. The van der Waals surface area contributed by atoms with E-state index in [2.05, 4.69) is 17.0 Å². The Hall–Kier alpha value is -3.38.